The van der Waals surface area contributed by atoms with Gasteiger partial charge in [-0.05, 0) is 50.5 Å². The van der Waals surface area contributed by atoms with Crippen LogP contribution in [0.5, 0.6) is 6.01 Å². The van der Waals surface area contributed by atoms with E-state index in [1.54, 1.807) is 18.7 Å². The zero-order chi connectivity index (χ0) is 28.4. The Morgan fingerprint density at radius 1 is 1.15 bits per heavy atom. The van der Waals surface area contributed by atoms with Gasteiger partial charge < -0.3 is 30.8 Å². The topological polar surface area (TPSA) is 156 Å². The van der Waals surface area contributed by atoms with Crippen LogP contribution >= 0.6 is 0 Å². The van der Waals surface area contributed by atoms with E-state index >= 15 is 0 Å². The molecule has 2 aromatic heterocycles. The quantitative estimate of drug-likeness (QED) is 0.251. The van der Waals surface area contributed by atoms with Crippen LogP contribution in [0.3, 0.4) is 0 Å². The minimum atomic E-state index is -1.14. The van der Waals surface area contributed by atoms with E-state index < -0.39 is 30.1 Å². The van der Waals surface area contributed by atoms with Gasteiger partial charge in [-0.3, -0.25) is 14.2 Å². The Hall–Kier alpha value is -4.38. The highest BCUT2D eigenvalue weighted by Gasteiger charge is 2.34. The number of aliphatic carboxylic acids is 1. The lowest BCUT2D eigenvalue weighted by Crippen LogP contribution is -2.57. The van der Waals surface area contributed by atoms with Crippen molar-refractivity contribution in [3.05, 3.63) is 60.3 Å². The number of H-pyrrole nitrogens is 1. The van der Waals surface area contributed by atoms with Crippen molar-refractivity contribution in [1.29, 1.82) is 0 Å². The van der Waals surface area contributed by atoms with Gasteiger partial charge in [0.1, 0.15) is 6.04 Å². The number of hydrogen-bond donors (Lipinski definition) is 4. The number of aromatic amines is 1. The number of carbonyl (C=O) groups is 3. The lowest BCUT2D eigenvalue weighted by molar-refractivity contribution is -0.139. The van der Waals surface area contributed by atoms with Crippen molar-refractivity contribution in [3.63, 3.8) is 0 Å². The summed E-state index contributed by atoms with van der Waals surface area (Å²) in [6.45, 7) is 3.65. The first-order valence-electron chi connectivity index (χ1n) is 13.4. The van der Waals surface area contributed by atoms with E-state index in [9.17, 15) is 14.4 Å². The fourth-order valence-corrected chi connectivity index (χ4v) is 5.23. The number of amides is 2. The van der Waals surface area contributed by atoms with Crippen LogP contribution in [-0.4, -0.2) is 73.6 Å². The SMILES string of the molecule is CC(C)(N)C(=O)N[C@H](Cc1c[nH]c2ccccc12)C(=O)N1CCC(n2c(OCC(=O)O)nc3ccccc32)CC1. The van der Waals surface area contributed by atoms with Gasteiger partial charge in [-0.2, -0.15) is 4.98 Å². The van der Waals surface area contributed by atoms with Crippen molar-refractivity contribution in [1.82, 2.24) is 24.8 Å². The molecule has 1 aliphatic rings. The molecule has 0 saturated carbocycles. The van der Waals surface area contributed by atoms with Crippen LogP contribution in [0.25, 0.3) is 21.9 Å². The van der Waals surface area contributed by atoms with Crippen LogP contribution in [-0.2, 0) is 20.8 Å². The Bertz CT molecular complexity index is 1540. The van der Waals surface area contributed by atoms with Crippen molar-refractivity contribution in [3.8, 4) is 6.01 Å². The van der Waals surface area contributed by atoms with Crippen LogP contribution < -0.4 is 15.8 Å². The number of nitrogens with one attached hydrogen (secondary N) is 2. The van der Waals surface area contributed by atoms with Gasteiger partial charge in [0, 0.05) is 42.7 Å². The molecule has 1 fully saturated rings. The molecule has 210 valence electrons. The first-order chi connectivity index (χ1) is 19.1. The Morgan fingerprint density at radius 3 is 2.58 bits per heavy atom. The van der Waals surface area contributed by atoms with E-state index in [1.807, 2.05) is 59.3 Å². The number of nitrogens with two attached hydrogens (primary N) is 1. The van der Waals surface area contributed by atoms with Gasteiger partial charge in [-0.25, -0.2) is 4.79 Å². The van der Waals surface area contributed by atoms with E-state index in [-0.39, 0.29) is 18.0 Å². The third-order valence-corrected chi connectivity index (χ3v) is 7.32. The number of imidazole rings is 1. The molecule has 40 heavy (non-hydrogen) atoms. The summed E-state index contributed by atoms with van der Waals surface area (Å²) in [5.74, 6) is -1.65. The smallest absolute Gasteiger partial charge is 0.341 e. The first-order valence-corrected chi connectivity index (χ1v) is 13.4. The van der Waals surface area contributed by atoms with Crippen molar-refractivity contribution >= 4 is 39.7 Å². The predicted molar refractivity (Wildman–Crippen MR) is 150 cm³/mol. The van der Waals surface area contributed by atoms with E-state index in [1.165, 1.54) is 0 Å². The molecule has 5 N–H and O–H groups in total. The standard InChI is InChI=1S/C29H34N6O5/c1-29(2,30)27(39)32-23(15-18-16-31-21-8-4-3-7-20(18)21)26(38)34-13-11-19(12-14-34)35-24-10-6-5-9-22(24)33-28(35)40-17-25(36)37/h3-10,16,19,23,31H,11-15,17,30H2,1-2H3,(H,32,39)(H,36,37)/t23-/m1/s1. The number of hydrogen-bond acceptors (Lipinski definition) is 6. The molecular formula is C29H34N6O5. The van der Waals surface area contributed by atoms with Gasteiger partial charge in [-0.15, -0.1) is 0 Å². The van der Waals surface area contributed by atoms with Gasteiger partial charge in [0.25, 0.3) is 6.01 Å². The first kappa shape index (κ1) is 27.2. The maximum atomic E-state index is 13.8. The fraction of sp³-hybridized carbons (Fsp3) is 0.379. The lowest BCUT2D eigenvalue weighted by atomic mass is 9.99. The third-order valence-electron chi connectivity index (χ3n) is 7.32. The molecule has 2 aromatic carbocycles. The molecule has 5 rings (SSSR count). The lowest BCUT2D eigenvalue weighted by Gasteiger charge is -2.36. The van der Waals surface area contributed by atoms with Crippen molar-refractivity contribution in [2.24, 2.45) is 5.73 Å². The number of piperidine rings is 1. The van der Waals surface area contributed by atoms with E-state index in [2.05, 4.69) is 15.3 Å². The second kappa shape index (κ2) is 11.0. The molecular weight excluding hydrogens is 512 g/mol. The minimum absolute atomic E-state index is 0.0371. The average Bonchev–Trinajstić information content (AvgIpc) is 3.52. The average molecular weight is 547 g/mol. The minimum Gasteiger partial charge on any atom is -0.479 e. The van der Waals surface area contributed by atoms with Crippen LogP contribution in [0.2, 0.25) is 0 Å². The van der Waals surface area contributed by atoms with Gasteiger partial charge in [0.15, 0.2) is 6.61 Å². The second-order valence-corrected chi connectivity index (χ2v) is 10.8. The summed E-state index contributed by atoms with van der Waals surface area (Å²) >= 11 is 0. The molecule has 1 saturated heterocycles. The Balaban J connectivity index is 1.35. The molecule has 0 aliphatic carbocycles. The molecule has 11 heteroatoms. The molecule has 1 atom stereocenters. The summed E-state index contributed by atoms with van der Waals surface area (Å²) in [7, 11) is 0. The maximum absolute atomic E-state index is 13.8. The van der Waals surface area contributed by atoms with Crippen LogP contribution in [0.1, 0.15) is 38.3 Å². The van der Waals surface area contributed by atoms with Crippen LogP contribution in [0, 0.1) is 0 Å². The summed E-state index contributed by atoms with van der Waals surface area (Å²) in [6, 6.07) is 14.8. The number of ether oxygens (including phenoxy) is 1. The largest absolute Gasteiger partial charge is 0.479 e. The second-order valence-electron chi connectivity index (χ2n) is 10.8. The number of para-hydroxylation sites is 3. The number of aromatic nitrogens is 3. The predicted octanol–water partition coefficient (Wildman–Crippen LogP) is 2.61. The molecule has 2 amide bonds. The molecule has 11 nitrogen and oxygen atoms in total. The number of carbonyl (C=O) groups excluding carboxylic acids is 2. The number of likely N-dealkylation sites (tertiary alicyclic amines) is 1. The summed E-state index contributed by atoms with van der Waals surface area (Å²) in [5.41, 5.74) is 8.37. The summed E-state index contributed by atoms with van der Waals surface area (Å²) in [6.07, 6.45) is 3.43. The van der Waals surface area contributed by atoms with Crippen molar-refractivity contribution in [2.45, 2.75) is 50.7 Å². The third kappa shape index (κ3) is 5.64. The van der Waals surface area contributed by atoms with Gasteiger partial charge in [0.05, 0.1) is 16.6 Å². The highest BCUT2D eigenvalue weighted by Crippen LogP contribution is 2.32. The van der Waals surface area contributed by atoms with Gasteiger partial charge in [0.2, 0.25) is 11.8 Å². The summed E-state index contributed by atoms with van der Waals surface area (Å²) < 4.78 is 7.46. The number of nitrogens with zero attached hydrogens (tertiary/aromatic N) is 3. The van der Waals surface area contributed by atoms with E-state index in [0.717, 1.165) is 22.0 Å². The van der Waals surface area contributed by atoms with Gasteiger partial charge in [-0.1, -0.05) is 30.3 Å². The number of carboxylic acid groups (broad SMARTS) is 1. The number of carboxylic acids is 1. The van der Waals surface area contributed by atoms with Gasteiger partial charge >= 0.3 is 5.97 Å². The molecule has 1 aliphatic heterocycles. The van der Waals surface area contributed by atoms with Crippen molar-refractivity contribution in [2.75, 3.05) is 19.7 Å². The molecule has 0 spiro atoms. The number of rotatable bonds is 9. The zero-order valence-corrected chi connectivity index (χ0v) is 22.6. The van der Waals surface area contributed by atoms with Crippen molar-refractivity contribution < 1.29 is 24.2 Å². The van der Waals surface area contributed by atoms with Crippen LogP contribution in [0.4, 0.5) is 0 Å². The monoisotopic (exact) mass is 546 g/mol. The molecule has 4 aromatic rings. The van der Waals surface area contributed by atoms with E-state index in [0.29, 0.717) is 37.9 Å². The highest BCUT2D eigenvalue weighted by molar-refractivity contribution is 5.92. The Labute approximate surface area is 231 Å². The van der Waals surface area contributed by atoms with E-state index in [4.69, 9.17) is 15.6 Å². The number of benzene rings is 2. The maximum Gasteiger partial charge on any atom is 0.341 e. The Kier molecular flexibility index (Phi) is 7.49. The highest BCUT2D eigenvalue weighted by atomic mass is 16.5. The molecule has 0 unspecified atom stereocenters. The Morgan fingerprint density at radius 2 is 1.85 bits per heavy atom. The normalized spacial score (nSPS) is 15.3. The van der Waals surface area contributed by atoms with Crippen LogP contribution in [0.15, 0.2) is 54.7 Å². The zero-order valence-electron chi connectivity index (χ0n) is 22.6. The fourth-order valence-electron chi connectivity index (χ4n) is 5.23. The number of fused-ring (bicyclic) bond motifs is 2. The summed E-state index contributed by atoms with van der Waals surface area (Å²) in [4.78, 5) is 47.3. The molecule has 3 heterocycles. The molecule has 0 radical (unpaired) electrons. The molecule has 0 bridgehead atoms. The summed E-state index contributed by atoms with van der Waals surface area (Å²) in [5, 5.41) is 13.0.